The van der Waals surface area contributed by atoms with Crippen molar-refractivity contribution in [1.82, 2.24) is 30.3 Å². The zero-order chi connectivity index (χ0) is 25.2. The van der Waals surface area contributed by atoms with Crippen LogP contribution in [0.4, 0.5) is 23.4 Å². The molecular weight excluding hydrogens is 474 g/mol. The molecule has 0 unspecified atom stereocenters. The van der Waals surface area contributed by atoms with Crippen LogP contribution in [0.2, 0.25) is 0 Å². The molecule has 4 aromatic rings. The number of H-pyrrole nitrogens is 1. The molecule has 0 aliphatic carbocycles. The van der Waals surface area contributed by atoms with Gasteiger partial charge in [-0.2, -0.15) is 15.1 Å². The van der Waals surface area contributed by atoms with Gasteiger partial charge in [0.1, 0.15) is 17.3 Å². The van der Waals surface area contributed by atoms with E-state index in [1.165, 1.54) is 0 Å². The number of ether oxygens (including phenoxy) is 2. The molecule has 4 aromatic heterocycles. The molecule has 12 nitrogen and oxygen atoms in total. The molecule has 1 atom stereocenters. The van der Waals surface area contributed by atoms with Crippen LogP contribution >= 0.6 is 0 Å². The maximum atomic E-state index is 5.84. The van der Waals surface area contributed by atoms with Crippen LogP contribution in [0.5, 0.6) is 5.88 Å². The van der Waals surface area contributed by atoms with E-state index in [2.05, 4.69) is 35.5 Å². The molecule has 0 amide bonds. The second kappa shape index (κ2) is 10.1. The summed E-state index contributed by atoms with van der Waals surface area (Å²) >= 11 is 0. The highest BCUT2D eigenvalue weighted by atomic mass is 16.5. The van der Waals surface area contributed by atoms with Crippen LogP contribution in [0.25, 0.3) is 11.3 Å². The van der Waals surface area contributed by atoms with Gasteiger partial charge in [0, 0.05) is 49.7 Å². The number of anilines is 4. The Labute approximate surface area is 214 Å². The first-order valence-electron chi connectivity index (χ1n) is 12.4. The minimum atomic E-state index is -0.0377. The summed E-state index contributed by atoms with van der Waals surface area (Å²) in [6.07, 6.45) is 3.59. The highest BCUT2D eigenvalue weighted by molar-refractivity contribution is 5.65. The monoisotopic (exact) mass is 503 g/mol. The van der Waals surface area contributed by atoms with Gasteiger partial charge in [-0.3, -0.25) is 5.10 Å². The number of hydrogen-bond acceptors (Lipinski definition) is 11. The molecule has 0 radical (unpaired) electrons. The molecule has 2 saturated heterocycles. The number of aromatic nitrogens is 6. The van der Waals surface area contributed by atoms with Crippen molar-refractivity contribution in [3.63, 3.8) is 0 Å². The zero-order valence-electron chi connectivity index (χ0n) is 20.8. The molecule has 2 fully saturated rings. The maximum Gasteiger partial charge on any atom is 0.229 e. The third-order valence-corrected chi connectivity index (χ3v) is 6.60. The van der Waals surface area contributed by atoms with Gasteiger partial charge in [0.05, 0.1) is 31.9 Å². The van der Waals surface area contributed by atoms with E-state index in [9.17, 15) is 0 Å². The van der Waals surface area contributed by atoms with E-state index in [0.717, 1.165) is 55.3 Å². The Kier molecular flexibility index (Phi) is 6.31. The Morgan fingerprint density at radius 3 is 2.81 bits per heavy atom. The van der Waals surface area contributed by atoms with Gasteiger partial charge in [-0.1, -0.05) is 5.16 Å². The number of aryl methyl sites for hydroxylation is 1. The summed E-state index contributed by atoms with van der Waals surface area (Å²) in [4.78, 5) is 18.6. The molecule has 37 heavy (non-hydrogen) atoms. The second-order valence-corrected chi connectivity index (χ2v) is 9.10. The first-order valence-corrected chi connectivity index (χ1v) is 12.4. The van der Waals surface area contributed by atoms with Crippen molar-refractivity contribution in [3.8, 4) is 17.1 Å². The third-order valence-electron chi connectivity index (χ3n) is 6.60. The molecule has 0 bridgehead atoms. The van der Waals surface area contributed by atoms with E-state index >= 15 is 0 Å². The van der Waals surface area contributed by atoms with Crippen LogP contribution < -0.4 is 19.9 Å². The fraction of sp³-hybridized carbons (Fsp3) is 0.400. The molecule has 0 aromatic carbocycles. The lowest BCUT2D eigenvalue weighted by Crippen LogP contribution is -2.37. The predicted octanol–water partition coefficient (Wildman–Crippen LogP) is 3.49. The van der Waals surface area contributed by atoms with Crippen molar-refractivity contribution in [3.05, 3.63) is 48.0 Å². The van der Waals surface area contributed by atoms with E-state index < -0.39 is 0 Å². The summed E-state index contributed by atoms with van der Waals surface area (Å²) < 4.78 is 16.8. The highest BCUT2D eigenvalue weighted by Crippen LogP contribution is 2.38. The molecule has 2 aliphatic rings. The summed E-state index contributed by atoms with van der Waals surface area (Å²) in [5.41, 5.74) is 2.44. The Morgan fingerprint density at radius 1 is 1.11 bits per heavy atom. The minimum Gasteiger partial charge on any atom is -0.481 e. The van der Waals surface area contributed by atoms with Crippen molar-refractivity contribution >= 4 is 23.4 Å². The van der Waals surface area contributed by atoms with Gasteiger partial charge in [-0.15, -0.1) is 0 Å². The summed E-state index contributed by atoms with van der Waals surface area (Å²) in [6, 6.07) is 9.60. The van der Waals surface area contributed by atoms with Gasteiger partial charge in [0.2, 0.25) is 11.8 Å². The van der Waals surface area contributed by atoms with E-state index in [-0.39, 0.29) is 6.04 Å². The molecule has 0 saturated carbocycles. The van der Waals surface area contributed by atoms with Crippen molar-refractivity contribution in [1.29, 1.82) is 0 Å². The number of nitrogens with zero attached hydrogens (tertiary/aromatic N) is 7. The molecular formula is C25H29N9O3. The van der Waals surface area contributed by atoms with Crippen molar-refractivity contribution in [2.45, 2.75) is 25.8 Å². The van der Waals surface area contributed by atoms with E-state index in [1.807, 2.05) is 37.3 Å². The molecule has 6 heterocycles. The largest absolute Gasteiger partial charge is 0.481 e. The molecule has 2 N–H and O–H groups in total. The van der Waals surface area contributed by atoms with Gasteiger partial charge in [-0.25, -0.2) is 4.98 Å². The Balaban J connectivity index is 1.33. The van der Waals surface area contributed by atoms with Crippen LogP contribution in [0.15, 0.2) is 41.1 Å². The average molecular weight is 504 g/mol. The lowest BCUT2D eigenvalue weighted by atomic mass is 10.1. The summed E-state index contributed by atoms with van der Waals surface area (Å²) in [7, 11) is 1.60. The summed E-state index contributed by atoms with van der Waals surface area (Å²) in [5.74, 6) is 4.15. The predicted molar refractivity (Wildman–Crippen MR) is 137 cm³/mol. The van der Waals surface area contributed by atoms with Gasteiger partial charge < -0.3 is 29.1 Å². The van der Waals surface area contributed by atoms with Crippen molar-refractivity contribution < 1.29 is 14.0 Å². The van der Waals surface area contributed by atoms with Gasteiger partial charge in [0.25, 0.3) is 0 Å². The normalized spacial score (nSPS) is 17.8. The first kappa shape index (κ1) is 23.2. The van der Waals surface area contributed by atoms with Crippen LogP contribution in [0.1, 0.15) is 30.3 Å². The number of pyridine rings is 1. The first-order chi connectivity index (χ1) is 18.2. The highest BCUT2D eigenvalue weighted by Gasteiger charge is 2.32. The minimum absolute atomic E-state index is 0.0377. The molecule has 192 valence electrons. The lowest BCUT2D eigenvalue weighted by molar-refractivity contribution is 0.122. The SMILES string of the molecule is COc1ncccc1-c1cc([C@@H]2CCCN2c2nc(Nc3cc(C)[nH]n3)cc(N3CCOCC3)n2)on1. The van der Waals surface area contributed by atoms with Crippen molar-refractivity contribution in [2.24, 2.45) is 0 Å². The fourth-order valence-corrected chi connectivity index (χ4v) is 4.81. The van der Waals surface area contributed by atoms with E-state index in [1.54, 1.807) is 13.3 Å². The maximum absolute atomic E-state index is 5.84. The number of methoxy groups -OCH3 is 1. The topological polar surface area (TPSA) is 130 Å². The Morgan fingerprint density at radius 2 is 2.00 bits per heavy atom. The quantitative estimate of drug-likeness (QED) is 0.384. The Bertz CT molecular complexity index is 1360. The average Bonchev–Trinajstić information content (AvgIpc) is 3.70. The Hall–Kier alpha value is -4.19. The van der Waals surface area contributed by atoms with Crippen LogP contribution in [-0.2, 0) is 4.74 Å². The van der Waals surface area contributed by atoms with E-state index in [0.29, 0.717) is 42.4 Å². The fourth-order valence-electron chi connectivity index (χ4n) is 4.81. The van der Waals surface area contributed by atoms with Crippen molar-refractivity contribution in [2.75, 3.05) is 55.1 Å². The summed E-state index contributed by atoms with van der Waals surface area (Å²) in [5, 5.41) is 14.9. The van der Waals surface area contributed by atoms with Crippen LogP contribution in [0, 0.1) is 6.92 Å². The number of rotatable bonds is 7. The molecule has 0 spiro atoms. The number of morpholine rings is 1. The van der Waals surface area contributed by atoms with Gasteiger partial charge in [-0.05, 0) is 31.9 Å². The second-order valence-electron chi connectivity index (χ2n) is 9.10. The molecule has 2 aliphatic heterocycles. The van der Waals surface area contributed by atoms with Gasteiger partial charge in [0.15, 0.2) is 11.6 Å². The smallest absolute Gasteiger partial charge is 0.229 e. The van der Waals surface area contributed by atoms with Gasteiger partial charge >= 0.3 is 0 Å². The number of hydrogen-bond donors (Lipinski definition) is 2. The number of aromatic amines is 1. The molecule has 6 rings (SSSR count). The summed E-state index contributed by atoms with van der Waals surface area (Å²) in [6.45, 7) is 5.67. The van der Waals surface area contributed by atoms with Crippen LogP contribution in [-0.4, -0.2) is 70.3 Å². The third kappa shape index (κ3) is 4.79. The van der Waals surface area contributed by atoms with Crippen LogP contribution in [0.3, 0.4) is 0 Å². The zero-order valence-corrected chi connectivity index (χ0v) is 20.8. The molecule has 12 heteroatoms. The lowest BCUT2D eigenvalue weighted by Gasteiger charge is -2.30. The number of nitrogens with one attached hydrogen (secondary N) is 2. The van der Waals surface area contributed by atoms with E-state index in [4.69, 9.17) is 24.0 Å². The standard InChI is InChI=1S/C25H29N9O3/c1-16-13-22(31-30-16)27-21-15-23(33-9-11-36-12-10-33)29-25(28-21)34-8-4-6-19(34)20-14-18(32-37-20)17-5-3-7-26-24(17)35-2/h3,5,7,13-15,19H,4,6,8-12H2,1-2H3,(H2,27,28,29,30,31)/t19-/m0/s1.